The Labute approximate surface area is 155 Å². The van der Waals surface area contributed by atoms with Crippen molar-refractivity contribution in [3.63, 3.8) is 0 Å². The normalized spacial score (nSPS) is 14.0. The van der Waals surface area contributed by atoms with Gasteiger partial charge in [0.05, 0.1) is 18.1 Å². The van der Waals surface area contributed by atoms with Crippen LogP contribution in [0.1, 0.15) is 35.4 Å². The van der Waals surface area contributed by atoms with Gasteiger partial charge < -0.3 is 4.98 Å². The van der Waals surface area contributed by atoms with Gasteiger partial charge in [0.15, 0.2) is 5.65 Å². The third-order valence-corrected chi connectivity index (χ3v) is 5.04. The Balaban J connectivity index is 1.65. The van der Waals surface area contributed by atoms with Gasteiger partial charge >= 0.3 is 0 Å². The monoisotopic (exact) mass is 358 g/mol. The molecule has 1 aliphatic carbocycles. The van der Waals surface area contributed by atoms with Crippen LogP contribution in [0.3, 0.4) is 0 Å². The van der Waals surface area contributed by atoms with Gasteiger partial charge in [0, 0.05) is 11.8 Å². The summed E-state index contributed by atoms with van der Waals surface area (Å²) >= 11 is 0. The molecule has 1 fully saturated rings. The van der Waals surface area contributed by atoms with E-state index in [2.05, 4.69) is 51.2 Å². The molecule has 0 radical (unpaired) electrons. The van der Waals surface area contributed by atoms with E-state index in [1.54, 1.807) is 29.3 Å². The zero-order valence-corrected chi connectivity index (χ0v) is 15.1. The summed E-state index contributed by atoms with van der Waals surface area (Å²) in [5.41, 5.74) is 5.59. The Bertz CT molecular complexity index is 1200. The van der Waals surface area contributed by atoms with Crippen LogP contribution in [-0.4, -0.2) is 29.9 Å². The fourth-order valence-corrected chi connectivity index (χ4v) is 3.60. The van der Waals surface area contributed by atoms with Crippen molar-refractivity contribution in [2.75, 3.05) is 0 Å². The minimum Gasteiger partial charge on any atom is -0.306 e. The highest BCUT2D eigenvalue weighted by molar-refractivity contribution is 5.76. The molecule has 1 N–H and O–H groups in total. The lowest BCUT2D eigenvalue weighted by Crippen LogP contribution is -2.08. The van der Waals surface area contributed by atoms with Gasteiger partial charge in [0.25, 0.3) is 5.56 Å². The van der Waals surface area contributed by atoms with Gasteiger partial charge in [-0.05, 0) is 55.4 Å². The zero-order chi connectivity index (χ0) is 18.5. The molecule has 0 atom stereocenters. The number of nitrogens with zero attached hydrogens (tertiary/aromatic N) is 5. The van der Waals surface area contributed by atoms with Crippen molar-refractivity contribution in [2.24, 2.45) is 0 Å². The first kappa shape index (κ1) is 15.9. The summed E-state index contributed by atoms with van der Waals surface area (Å²) in [5, 5.41) is 12.6. The maximum atomic E-state index is 12.6. The van der Waals surface area contributed by atoms with E-state index in [1.807, 2.05) is 0 Å². The van der Waals surface area contributed by atoms with E-state index in [4.69, 9.17) is 0 Å². The first-order chi connectivity index (χ1) is 13.1. The lowest BCUT2D eigenvalue weighted by Gasteiger charge is -2.12. The van der Waals surface area contributed by atoms with Crippen LogP contribution in [-0.2, 0) is 0 Å². The van der Waals surface area contributed by atoms with E-state index < -0.39 is 0 Å². The Morgan fingerprint density at radius 2 is 1.93 bits per heavy atom. The van der Waals surface area contributed by atoms with E-state index in [9.17, 15) is 4.79 Å². The van der Waals surface area contributed by atoms with E-state index in [0.717, 1.165) is 16.8 Å². The summed E-state index contributed by atoms with van der Waals surface area (Å²) < 4.78 is 1.77. The largest absolute Gasteiger partial charge is 0.306 e. The average molecular weight is 358 g/mol. The van der Waals surface area contributed by atoms with Crippen LogP contribution >= 0.6 is 0 Å². The number of rotatable bonds is 3. The molecule has 0 aliphatic heterocycles. The number of fused-ring (bicyclic) bond motifs is 1. The van der Waals surface area contributed by atoms with Crippen molar-refractivity contribution in [1.82, 2.24) is 29.9 Å². The van der Waals surface area contributed by atoms with Gasteiger partial charge in [-0.25, -0.2) is 9.67 Å². The molecular formula is C20H18N6O. The van der Waals surface area contributed by atoms with Crippen LogP contribution in [0.15, 0.2) is 41.6 Å². The molecule has 7 nitrogen and oxygen atoms in total. The minimum absolute atomic E-state index is 0.219. The van der Waals surface area contributed by atoms with Crippen molar-refractivity contribution < 1.29 is 0 Å². The molecule has 4 aromatic rings. The average Bonchev–Trinajstić information content (AvgIpc) is 3.42. The third-order valence-electron chi connectivity index (χ3n) is 5.04. The topological polar surface area (TPSA) is 89.4 Å². The lowest BCUT2D eigenvalue weighted by molar-refractivity contribution is 0.870. The van der Waals surface area contributed by atoms with E-state index in [-0.39, 0.29) is 5.56 Å². The molecule has 1 aromatic carbocycles. The number of aryl methyl sites for hydroxylation is 2. The first-order valence-electron chi connectivity index (χ1n) is 8.98. The molecule has 3 heterocycles. The molecule has 27 heavy (non-hydrogen) atoms. The second kappa shape index (κ2) is 5.84. The smallest absolute Gasteiger partial charge is 0.262 e. The van der Waals surface area contributed by atoms with E-state index in [0.29, 0.717) is 28.3 Å². The molecule has 0 spiro atoms. The SMILES string of the molecule is Cc1cc(C2CC2)cc(C)c1-n1cc2c(=O)[nH]c(-c3ccnnc3)nc2n1. The van der Waals surface area contributed by atoms with Crippen molar-refractivity contribution in [3.05, 3.63) is 63.8 Å². The standard InChI is InChI=1S/C20H18N6O/c1-11-7-15(13-3-4-13)8-12(2)17(11)26-10-16-19(25-26)23-18(24-20(16)27)14-5-6-21-22-9-14/h5-10,13H,3-4H2,1-2H3,(H,23,24,25,27). The van der Waals surface area contributed by atoms with Crippen LogP contribution in [0.4, 0.5) is 0 Å². The number of aromatic nitrogens is 6. The summed E-state index contributed by atoms with van der Waals surface area (Å²) in [5.74, 6) is 1.14. The summed E-state index contributed by atoms with van der Waals surface area (Å²) in [6.07, 6.45) is 7.42. The molecule has 7 heteroatoms. The molecule has 0 bridgehead atoms. The highest BCUT2D eigenvalue weighted by Gasteiger charge is 2.25. The van der Waals surface area contributed by atoms with Gasteiger partial charge in [-0.3, -0.25) is 4.79 Å². The van der Waals surface area contributed by atoms with Crippen molar-refractivity contribution in [2.45, 2.75) is 32.6 Å². The number of nitrogens with one attached hydrogen (secondary N) is 1. The lowest BCUT2D eigenvalue weighted by atomic mass is 10.0. The molecule has 1 saturated carbocycles. The molecule has 1 aliphatic rings. The second-order valence-electron chi connectivity index (χ2n) is 7.13. The Morgan fingerprint density at radius 1 is 1.15 bits per heavy atom. The van der Waals surface area contributed by atoms with Gasteiger partial charge in [0.1, 0.15) is 11.2 Å². The highest BCUT2D eigenvalue weighted by atomic mass is 16.1. The maximum absolute atomic E-state index is 12.6. The summed E-state index contributed by atoms with van der Waals surface area (Å²) in [7, 11) is 0. The van der Waals surface area contributed by atoms with Gasteiger partial charge in [0.2, 0.25) is 0 Å². The van der Waals surface area contributed by atoms with E-state index in [1.165, 1.54) is 18.4 Å². The van der Waals surface area contributed by atoms with Crippen LogP contribution < -0.4 is 5.56 Å². The molecular weight excluding hydrogens is 340 g/mol. The molecule has 0 unspecified atom stereocenters. The molecule has 134 valence electrons. The Kier molecular flexibility index (Phi) is 3.43. The molecule has 3 aromatic heterocycles. The maximum Gasteiger partial charge on any atom is 0.262 e. The fourth-order valence-electron chi connectivity index (χ4n) is 3.60. The van der Waals surface area contributed by atoms with Crippen LogP contribution in [0.5, 0.6) is 0 Å². The van der Waals surface area contributed by atoms with Crippen LogP contribution in [0.25, 0.3) is 28.1 Å². The van der Waals surface area contributed by atoms with Gasteiger partial charge in [-0.1, -0.05) is 12.1 Å². The highest BCUT2D eigenvalue weighted by Crippen LogP contribution is 2.41. The first-order valence-corrected chi connectivity index (χ1v) is 8.98. The summed E-state index contributed by atoms with van der Waals surface area (Å²) in [6.45, 7) is 4.18. The van der Waals surface area contributed by atoms with E-state index >= 15 is 0 Å². The quantitative estimate of drug-likeness (QED) is 0.608. The Morgan fingerprint density at radius 3 is 2.59 bits per heavy atom. The number of hydrogen-bond acceptors (Lipinski definition) is 5. The summed E-state index contributed by atoms with van der Waals surface area (Å²) in [4.78, 5) is 19.9. The fraction of sp³-hybridized carbons (Fsp3) is 0.250. The predicted molar refractivity (Wildman–Crippen MR) is 102 cm³/mol. The van der Waals surface area contributed by atoms with Crippen molar-refractivity contribution >= 4 is 11.0 Å². The van der Waals surface area contributed by atoms with Gasteiger partial charge in [-0.15, -0.1) is 5.10 Å². The molecule has 0 amide bonds. The second-order valence-corrected chi connectivity index (χ2v) is 7.13. The predicted octanol–water partition coefficient (Wildman–Crippen LogP) is 3.06. The zero-order valence-electron chi connectivity index (χ0n) is 15.1. The summed E-state index contributed by atoms with van der Waals surface area (Å²) in [6, 6.07) is 6.22. The third kappa shape index (κ3) is 2.71. The minimum atomic E-state index is -0.219. The molecule has 5 rings (SSSR count). The van der Waals surface area contributed by atoms with Crippen molar-refractivity contribution in [3.8, 4) is 17.1 Å². The number of hydrogen-bond donors (Lipinski definition) is 1. The van der Waals surface area contributed by atoms with Crippen LogP contribution in [0.2, 0.25) is 0 Å². The van der Waals surface area contributed by atoms with Crippen LogP contribution in [0, 0.1) is 13.8 Å². The number of benzene rings is 1. The Hall–Kier alpha value is -3.35. The number of H-pyrrole nitrogens is 1. The molecule has 0 saturated heterocycles. The van der Waals surface area contributed by atoms with Crippen molar-refractivity contribution in [1.29, 1.82) is 0 Å². The van der Waals surface area contributed by atoms with Gasteiger partial charge in [-0.2, -0.15) is 10.2 Å². The number of aromatic amines is 1.